The average Bonchev–Trinajstić information content (AvgIpc) is 2.79. The summed E-state index contributed by atoms with van der Waals surface area (Å²) in [5.74, 6) is -0.902. The van der Waals surface area contributed by atoms with Crippen molar-refractivity contribution < 1.29 is 14.3 Å². The van der Waals surface area contributed by atoms with E-state index in [1.165, 1.54) is 12.7 Å². The van der Waals surface area contributed by atoms with E-state index in [0.717, 1.165) is 29.9 Å². The van der Waals surface area contributed by atoms with E-state index in [1.54, 1.807) is 0 Å². The van der Waals surface area contributed by atoms with Gasteiger partial charge in [-0.05, 0) is 35.9 Å². The highest BCUT2D eigenvalue weighted by molar-refractivity contribution is 8.18. The lowest BCUT2D eigenvalue weighted by Gasteiger charge is -1.98. The SMILES string of the molecule is CCc1ccc(N=C2NC(=O)C(=CC(=O)OC)S2)cc1. The first-order valence-electron chi connectivity index (χ1n) is 6.09. The first-order valence-corrected chi connectivity index (χ1v) is 6.90. The Balaban J connectivity index is 2.14. The molecule has 2 rings (SSSR count). The van der Waals surface area contributed by atoms with Gasteiger partial charge in [-0.1, -0.05) is 19.1 Å². The largest absolute Gasteiger partial charge is 0.466 e. The van der Waals surface area contributed by atoms with Crippen molar-refractivity contribution in [2.45, 2.75) is 13.3 Å². The molecule has 0 aromatic heterocycles. The quantitative estimate of drug-likeness (QED) is 0.684. The maximum absolute atomic E-state index is 11.6. The monoisotopic (exact) mass is 290 g/mol. The van der Waals surface area contributed by atoms with Crippen LogP contribution in [0.25, 0.3) is 0 Å². The van der Waals surface area contributed by atoms with Crippen LogP contribution in [0.1, 0.15) is 12.5 Å². The Labute approximate surface area is 121 Å². The fourth-order valence-corrected chi connectivity index (χ4v) is 2.37. The molecule has 0 bridgehead atoms. The number of aliphatic imine (C=N–C) groups is 1. The second kappa shape index (κ2) is 6.38. The Morgan fingerprint density at radius 3 is 2.70 bits per heavy atom. The summed E-state index contributed by atoms with van der Waals surface area (Å²) in [6.07, 6.45) is 2.12. The number of esters is 1. The van der Waals surface area contributed by atoms with Gasteiger partial charge in [0.1, 0.15) is 0 Å². The van der Waals surface area contributed by atoms with Crippen molar-refractivity contribution in [3.05, 3.63) is 40.8 Å². The highest BCUT2D eigenvalue weighted by atomic mass is 32.2. The van der Waals surface area contributed by atoms with Crippen LogP contribution < -0.4 is 5.32 Å². The molecule has 0 unspecified atom stereocenters. The number of nitrogens with zero attached hydrogens (tertiary/aromatic N) is 1. The standard InChI is InChI=1S/C14H14N2O3S/c1-3-9-4-6-10(7-5-9)15-14-16-13(18)11(20-14)8-12(17)19-2/h4-8H,3H2,1-2H3,(H,15,16,18). The number of amides is 1. The van der Waals surface area contributed by atoms with E-state index in [9.17, 15) is 9.59 Å². The lowest BCUT2D eigenvalue weighted by Crippen LogP contribution is -2.19. The van der Waals surface area contributed by atoms with Crippen molar-refractivity contribution in [1.29, 1.82) is 0 Å². The molecule has 1 aromatic rings. The number of benzene rings is 1. The van der Waals surface area contributed by atoms with Crippen molar-refractivity contribution >= 4 is 34.5 Å². The first-order chi connectivity index (χ1) is 9.62. The van der Waals surface area contributed by atoms with Crippen LogP contribution in [0.4, 0.5) is 5.69 Å². The van der Waals surface area contributed by atoms with Crippen LogP contribution in [0.2, 0.25) is 0 Å². The number of amidine groups is 1. The van der Waals surface area contributed by atoms with Gasteiger partial charge in [0.15, 0.2) is 5.17 Å². The summed E-state index contributed by atoms with van der Waals surface area (Å²) >= 11 is 1.12. The zero-order valence-corrected chi connectivity index (χ0v) is 12.0. The molecule has 1 heterocycles. The highest BCUT2D eigenvalue weighted by Gasteiger charge is 2.24. The van der Waals surface area contributed by atoms with Crippen molar-refractivity contribution in [3.63, 3.8) is 0 Å². The Morgan fingerprint density at radius 1 is 1.40 bits per heavy atom. The van der Waals surface area contributed by atoms with Crippen LogP contribution in [0, 0.1) is 0 Å². The van der Waals surface area contributed by atoms with E-state index in [-0.39, 0.29) is 10.8 Å². The minimum Gasteiger partial charge on any atom is -0.466 e. The molecule has 0 saturated carbocycles. The molecule has 0 atom stereocenters. The molecule has 5 nitrogen and oxygen atoms in total. The summed E-state index contributed by atoms with van der Waals surface area (Å²) in [4.78, 5) is 27.4. The zero-order valence-electron chi connectivity index (χ0n) is 11.2. The summed E-state index contributed by atoms with van der Waals surface area (Å²) in [7, 11) is 1.27. The predicted octanol–water partition coefficient (Wildman–Crippen LogP) is 2.16. The van der Waals surface area contributed by atoms with Crippen LogP contribution in [0.15, 0.2) is 40.2 Å². The second-order valence-electron chi connectivity index (χ2n) is 4.02. The van der Waals surface area contributed by atoms with Gasteiger partial charge in [-0.15, -0.1) is 0 Å². The van der Waals surface area contributed by atoms with Crippen molar-refractivity contribution in [2.75, 3.05) is 7.11 Å². The smallest absolute Gasteiger partial charge is 0.331 e. The van der Waals surface area contributed by atoms with Gasteiger partial charge in [0.25, 0.3) is 5.91 Å². The van der Waals surface area contributed by atoms with Crippen LogP contribution in [0.3, 0.4) is 0 Å². The van der Waals surface area contributed by atoms with Gasteiger partial charge in [0.2, 0.25) is 0 Å². The van der Waals surface area contributed by atoms with Crippen LogP contribution in [-0.4, -0.2) is 24.2 Å². The van der Waals surface area contributed by atoms with Gasteiger partial charge in [0, 0.05) is 6.08 Å². The van der Waals surface area contributed by atoms with Crippen molar-refractivity contribution in [1.82, 2.24) is 5.32 Å². The normalized spacial score (nSPS) is 18.4. The molecule has 1 amide bonds. The summed E-state index contributed by atoms with van der Waals surface area (Å²) in [5, 5.41) is 3.06. The second-order valence-corrected chi connectivity index (χ2v) is 5.06. The number of thioether (sulfide) groups is 1. The number of hydrogen-bond donors (Lipinski definition) is 1. The predicted molar refractivity (Wildman–Crippen MR) is 78.7 cm³/mol. The minimum absolute atomic E-state index is 0.278. The molecule has 1 aromatic carbocycles. The maximum atomic E-state index is 11.6. The van der Waals surface area contributed by atoms with Gasteiger partial charge < -0.3 is 10.1 Å². The summed E-state index contributed by atoms with van der Waals surface area (Å²) < 4.78 is 4.49. The number of nitrogens with one attached hydrogen (secondary N) is 1. The maximum Gasteiger partial charge on any atom is 0.331 e. The molecule has 0 radical (unpaired) electrons. The Kier molecular flexibility index (Phi) is 4.57. The fourth-order valence-electron chi connectivity index (χ4n) is 1.57. The lowest BCUT2D eigenvalue weighted by molar-refractivity contribution is -0.135. The molecule has 104 valence electrons. The molecule has 0 spiro atoms. The number of ether oxygens (including phenoxy) is 1. The number of carbonyl (C=O) groups is 2. The zero-order chi connectivity index (χ0) is 14.5. The molecule has 1 aliphatic heterocycles. The molecule has 1 saturated heterocycles. The van der Waals surface area contributed by atoms with Gasteiger partial charge in [-0.3, -0.25) is 4.79 Å². The average molecular weight is 290 g/mol. The molecule has 0 aliphatic carbocycles. The molecule has 1 N–H and O–H groups in total. The minimum atomic E-state index is -0.559. The summed E-state index contributed by atoms with van der Waals surface area (Å²) in [6.45, 7) is 2.08. The number of hydrogen-bond acceptors (Lipinski definition) is 5. The van der Waals surface area contributed by atoms with Gasteiger partial charge in [0.05, 0.1) is 17.7 Å². The highest BCUT2D eigenvalue weighted by Crippen LogP contribution is 2.26. The third-order valence-electron chi connectivity index (χ3n) is 2.68. The third-order valence-corrected chi connectivity index (χ3v) is 3.59. The van der Waals surface area contributed by atoms with Crippen LogP contribution in [-0.2, 0) is 20.7 Å². The van der Waals surface area contributed by atoms with Gasteiger partial charge in [-0.25, -0.2) is 9.79 Å². The Bertz CT molecular complexity index is 591. The van der Waals surface area contributed by atoms with Gasteiger partial charge in [-0.2, -0.15) is 0 Å². The summed E-state index contributed by atoms with van der Waals surface area (Å²) in [6, 6.07) is 7.76. The van der Waals surface area contributed by atoms with Gasteiger partial charge >= 0.3 is 5.97 Å². The molecular formula is C14H14N2O3S. The molecule has 1 fully saturated rings. The number of aryl methyl sites for hydroxylation is 1. The number of rotatable bonds is 3. The third kappa shape index (κ3) is 3.48. The van der Waals surface area contributed by atoms with E-state index in [0.29, 0.717) is 5.17 Å². The van der Waals surface area contributed by atoms with Crippen molar-refractivity contribution in [2.24, 2.45) is 4.99 Å². The first kappa shape index (κ1) is 14.3. The van der Waals surface area contributed by atoms with E-state index in [1.807, 2.05) is 24.3 Å². The Hall–Kier alpha value is -2.08. The van der Waals surface area contributed by atoms with Crippen LogP contribution in [0.5, 0.6) is 0 Å². The molecule has 20 heavy (non-hydrogen) atoms. The lowest BCUT2D eigenvalue weighted by atomic mass is 10.2. The molecule has 6 heteroatoms. The number of carbonyl (C=O) groups excluding carboxylic acids is 2. The fraction of sp³-hybridized carbons (Fsp3) is 0.214. The van der Waals surface area contributed by atoms with Crippen molar-refractivity contribution in [3.8, 4) is 0 Å². The topological polar surface area (TPSA) is 67.8 Å². The molecule has 1 aliphatic rings. The van der Waals surface area contributed by atoms with Crippen LogP contribution >= 0.6 is 11.8 Å². The van der Waals surface area contributed by atoms with E-state index in [2.05, 4.69) is 22.0 Å². The summed E-state index contributed by atoms with van der Waals surface area (Å²) in [5.41, 5.74) is 1.98. The van der Waals surface area contributed by atoms with E-state index in [4.69, 9.17) is 0 Å². The van der Waals surface area contributed by atoms with E-state index < -0.39 is 5.97 Å². The molecular weight excluding hydrogens is 276 g/mol. The number of methoxy groups -OCH3 is 1. The van der Waals surface area contributed by atoms with E-state index >= 15 is 0 Å². The Morgan fingerprint density at radius 2 is 2.10 bits per heavy atom.